The van der Waals surface area contributed by atoms with Crippen LogP contribution in [0.4, 0.5) is 0 Å². The molecule has 0 spiro atoms. The van der Waals surface area contributed by atoms with Gasteiger partial charge in [-0.15, -0.1) is 0 Å². The van der Waals surface area contributed by atoms with E-state index in [9.17, 15) is 4.79 Å². The van der Waals surface area contributed by atoms with Crippen LogP contribution in [0.5, 0.6) is 11.5 Å². The summed E-state index contributed by atoms with van der Waals surface area (Å²) in [4.78, 5) is 12.8. The maximum Gasteiger partial charge on any atom is 0.203 e. The number of halogens is 3. The number of carbonyl (C=O) groups excluding carboxylic acids is 1. The molecule has 2 aromatic rings. The van der Waals surface area contributed by atoms with E-state index in [2.05, 4.69) is 0 Å². The van der Waals surface area contributed by atoms with Crippen molar-refractivity contribution in [1.82, 2.24) is 0 Å². The Morgan fingerprint density at radius 3 is 1.81 bits per heavy atom. The van der Waals surface area contributed by atoms with Crippen molar-refractivity contribution in [2.24, 2.45) is 0 Å². The maximum atomic E-state index is 12.8. The number of hydrogen-bond acceptors (Lipinski definition) is 3. The predicted molar refractivity (Wildman–Crippen MR) is 84.5 cm³/mol. The molecule has 0 aromatic heterocycles. The van der Waals surface area contributed by atoms with Crippen molar-refractivity contribution < 1.29 is 14.3 Å². The summed E-state index contributed by atoms with van der Waals surface area (Å²) in [6, 6.07) is 7.97. The fourth-order valence-corrected chi connectivity index (χ4v) is 2.95. The van der Waals surface area contributed by atoms with Gasteiger partial charge >= 0.3 is 0 Å². The molecule has 0 aliphatic rings. The first-order valence-corrected chi connectivity index (χ1v) is 7.03. The second-order valence-corrected chi connectivity index (χ2v) is 5.36. The van der Waals surface area contributed by atoms with Gasteiger partial charge in [0.2, 0.25) is 5.78 Å². The molecular weight excluding hydrogens is 335 g/mol. The van der Waals surface area contributed by atoms with Crippen LogP contribution in [0.25, 0.3) is 0 Å². The predicted octanol–water partition coefficient (Wildman–Crippen LogP) is 4.90. The highest BCUT2D eigenvalue weighted by Crippen LogP contribution is 2.36. The van der Waals surface area contributed by atoms with E-state index in [1.165, 1.54) is 26.4 Å². The fourth-order valence-electron chi connectivity index (χ4n) is 1.96. The number of hydrogen-bond donors (Lipinski definition) is 0. The zero-order valence-electron chi connectivity index (χ0n) is 11.2. The Balaban J connectivity index is 2.66. The average molecular weight is 346 g/mol. The Bertz CT molecular complexity index is 653. The van der Waals surface area contributed by atoms with Gasteiger partial charge in [0.25, 0.3) is 0 Å². The lowest BCUT2D eigenvalue weighted by Gasteiger charge is -2.13. The van der Waals surface area contributed by atoms with E-state index in [0.29, 0.717) is 16.5 Å². The highest BCUT2D eigenvalue weighted by Gasteiger charge is 2.24. The Kier molecular flexibility index (Phi) is 4.99. The van der Waals surface area contributed by atoms with Crippen LogP contribution in [-0.2, 0) is 0 Å². The standard InChI is InChI=1S/C15H11Cl3O3/c1-20-11-4-3-5-12(21-2)14(11)15(19)13-9(17)6-8(16)7-10(13)18/h3-7H,1-2H3. The molecule has 0 aliphatic heterocycles. The van der Waals surface area contributed by atoms with Gasteiger partial charge in [0.15, 0.2) is 0 Å². The van der Waals surface area contributed by atoms with Gasteiger partial charge in [-0.3, -0.25) is 4.79 Å². The van der Waals surface area contributed by atoms with E-state index in [0.717, 1.165) is 0 Å². The van der Waals surface area contributed by atoms with Crippen LogP contribution in [0.15, 0.2) is 30.3 Å². The number of carbonyl (C=O) groups is 1. The van der Waals surface area contributed by atoms with Crippen LogP contribution >= 0.6 is 34.8 Å². The van der Waals surface area contributed by atoms with Crippen LogP contribution in [-0.4, -0.2) is 20.0 Å². The summed E-state index contributed by atoms with van der Waals surface area (Å²) in [5, 5.41) is 0.699. The molecular formula is C15H11Cl3O3. The summed E-state index contributed by atoms with van der Waals surface area (Å²) in [7, 11) is 2.94. The minimum Gasteiger partial charge on any atom is -0.496 e. The molecule has 21 heavy (non-hydrogen) atoms. The molecule has 0 heterocycles. The number of benzene rings is 2. The molecule has 0 amide bonds. The molecule has 0 fully saturated rings. The molecule has 2 rings (SSSR count). The summed E-state index contributed by atoms with van der Waals surface area (Å²) >= 11 is 18.1. The van der Waals surface area contributed by atoms with E-state index in [1.54, 1.807) is 18.2 Å². The monoisotopic (exact) mass is 344 g/mol. The van der Waals surface area contributed by atoms with Crippen LogP contribution in [0.3, 0.4) is 0 Å². The minimum atomic E-state index is -0.393. The molecule has 0 aliphatic carbocycles. The average Bonchev–Trinajstić information content (AvgIpc) is 2.44. The van der Waals surface area contributed by atoms with Crippen LogP contribution in [0, 0.1) is 0 Å². The lowest BCUT2D eigenvalue weighted by Crippen LogP contribution is -2.08. The number of rotatable bonds is 4. The molecule has 0 N–H and O–H groups in total. The molecule has 0 bridgehead atoms. The lowest BCUT2D eigenvalue weighted by molar-refractivity contribution is 0.103. The summed E-state index contributed by atoms with van der Waals surface area (Å²) in [5.41, 5.74) is 0.416. The zero-order valence-corrected chi connectivity index (χ0v) is 13.5. The number of ketones is 1. The third-order valence-electron chi connectivity index (χ3n) is 2.89. The van der Waals surface area contributed by atoms with Crippen molar-refractivity contribution in [3.63, 3.8) is 0 Å². The minimum absolute atomic E-state index is 0.158. The zero-order chi connectivity index (χ0) is 15.6. The summed E-state index contributed by atoms with van der Waals surface area (Å²) in [5.74, 6) is 0.360. The van der Waals surface area contributed by atoms with Gasteiger partial charge in [-0.25, -0.2) is 0 Å². The topological polar surface area (TPSA) is 35.5 Å². The first kappa shape index (κ1) is 16.0. The fraction of sp³-hybridized carbons (Fsp3) is 0.133. The SMILES string of the molecule is COc1cccc(OC)c1C(=O)c1c(Cl)cc(Cl)cc1Cl. The number of ether oxygens (including phenoxy) is 2. The third kappa shape index (κ3) is 3.10. The van der Waals surface area contributed by atoms with Gasteiger partial charge in [0.1, 0.15) is 17.1 Å². The molecule has 0 radical (unpaired) electrons. The first-order valence-electron chi connectivity index (χ1n) is 5.89. The van der Waals surface area contributed by atoms with E-state index < -0.39 is 5.78 Å². The molecule has 6 heteroatoms. The molecule has 110 valence electrons. The van der Waals surface area contributed by atoms with Crippen LogP contribution in [0.2, 0.25) is 15.1 Å². The van der Waals surface area contributed by atoms with Crippen molar-refractivity contribution in [2.75, 3.05) is 14.2 Å². The largest absolute Gasteiger partial charge is 0.496 e. The van der Waals surface area contributed by atoms with Crippen molar-refractivity contribution in [3.05, 3.63) is 56.5 Å². The smallest absolute Gasteiger partial charge is 0.203 e. The molecule has 0 saturated heterocycles. The first-order chi connectivity index (χ1) is 9.99. The number of methoxy groups -OCH3 is 2. The highest BCUT2D eigenvalue weighted by atomic mass is 35.5. The Morgan fingerprint density at radius 2 is 1.38 bits per heavy atom. The molecule has 2 aromatic carbocycles. The third-order valence-corrected chi connectivity index (χ3v) is 3.70. The normalized spacial score (nSPS) is 10.3. The van der Waals surface area contributed by atoms with E-state index >= 15 is 0 Å². The van der Waals surface area contributed by atoms with E-state index in [-0.39, 0.29) is 21.2 Å². The quantitative estimate of drug-likeness (QED) is 0.740. The van der Waals surface area contributed by atoms with Crippen molar-refractivity contribution in [3.8, 4) is 11.5 Å². The highest BCUT2D eigenvalue weighted by molar-refractivity contribution is 6.43. The van der Waals surface area contributed by atoms with E-state index in [1.807, 2.05) is 0 Å². The molecule has 0 atom stereocenters. The van der Waals surface area contributed by atoms with Gasteiger partial charge < -0.3 is 9.47 Å². The van der Waals surface area contributed by atoms with Crippen LogP contribution in [0.1, 0.15) is 15.9 Å². The van der Waals surface area contributed by atoms with Gasteiger partial charge in [-0.1, -0.05) is 40.9 Å². The van der Waals surface area contributed by atoms with Gasteiger partial charge in [0, 0.05) is 5.02 Å². The van der Waals surface area contributed by atoms with Gasteiger partial charge in [0.05, 0.1) is 29.8 Å². The second kappa shape index (κ2) is 6.56. The molecule has 0 saturated carbocycles. The molecule has 3 nitrogen and oxygen atoms in total. The summed E-state index contributed by atoms with van der Waals surface area (Å²) in [6.45, 7) is 0. The Morgan fingerprint density at radius 1 is 0.905 bits per heavy atom. The molecule has 0 unspecified atom stereocenters. The van der Waals surface area contributed by atoms with Crippen molar-refractivity contribution >= 4 is 40.6 Å². The maximum absolute atomic E-state index is 12.8. The second-order valence-electron chi connectivity index (χ2n) is 4.11. The van der Waals surface area contributed by atoms with Gasteiger partial charge in [-0.05, 0) is 24.3 Å². The van der Waals surface area contributed by atoms with Gasteiger partial charge in [-0.2, -0.15) is 0 Å². The summed E-state index contributed by atoms with van der Waals surface area (Å²) in [6.07, 6.45) is 0. The Labute approximate surface area is 137 Å². The van der Waals surface area contributed by atoms with Crippen molar-refractivity contribution in [1.29, 1.82) is 0 Å². The Hall–Kier alpha value is -1.42. The summed E-state index contributed by atoms with van der Waals surface area (Å²) < 4.78 is 10.4. The van der Waals surface area contributed by atoms with E-state index in [4.69, 9.17) is 44.3 Å². The lowest BCUT2D eigenvalue weighted by atomic mass is 10.0. The van der Waals surface area contributed by atoms with Crippen LogP contribution < -0.4 is 9.47 Å². The van der Waals surface area contributed by atoms with Crippen molar-refractivity contribution in [2.45, 2.75) is 0 Å².